The molecule has 0 saturated carbocycles. The van der Waals surface area contributed by atoms with E-state index in [1.807, 2.05) is 0 Å². The second-order valence-corrected chi connectivity index (χ2v) is 2.16. The number of hydrogen-bond donors (Lipinski definition) is 0. The van der Waals surface area contributed by atoms with Gasteiger partial charge in [-0.2, -0.15) is 0 Å². The Morgan fingerprint density at radius 1 is 1.36 bits per heavy atom. The lowest BCUT2D eigenvalue weighted by Gasteiger charge is -1.96. The molecule has 0 aliphatic rings. The maximum absolute atomic E-state index is 10.7. The third-order valence-corrected chi connectivity index (χ3v) is 1.02. The van der Waals surface area contributed by atoms with Gasteiger partial charge in [-0.25, -0.2) is 0 Å². The van der Waals surface area contributed by atoms with Gasteiger partial charge in [-0.05, 0) is 6.92 Å². The lowest BCUT2D eigenvalue weighted by Crippen LogP contribution is -2.13. The lowest BCUT2D eigenvalue weighted by molar-refractivity contribution is -0.117. The normalized spacial score (nSPS) is 11.0. The molecule has 11 heavy (non-hydrogen) atoms. The molecular weight excluding hydrogens is 146 g/mol. The molecule has 0 heterocycles. The first kappa shape index (κ1) is 9.81. The quantitative estimate of drug-likeness (QED) is 0.442. The number of ketones is 2. The molecule has 0 radical (unpaired) electrons. The summed E-state index contributed by atoms with van der Waals surface area (Å²) >= 11 is 0. The van der Waals surface area contributed by atoms with Crippen LogP contribution in [0.2, 0.25) is 0 Å². The molecule has 0 aromatic carbocycles. The number of carbonyl (C=O) groups excluding carboxylic acids is 2. The van der Waals surface area contributed by atoms with E-state index in [-0.39, 0.29) is 23.7 Å². The number of oxime groups is 1. The van der Waals surface area contributed by atoms with Crippen molar-refractivity contribution in [1.29, 1.82) is 0 Å². The lowest BCUT2D eigenvalue weighted by atomic mass is 10.1. The number of nitrogens with zero attached hydrogens (tertiary/aromatic N) is 1. The van der Waals surface area contributed by atoms with Crippen LogP contribution in [-0.4, -0.2) is 24.4 Å². The molecule has 0 rings (SSSR count). The Bertz CT molecular complexity index is 196. The Hall–Kier alpha value is -1.19. The molecule has 0 aliphatic carbocycles. The van der Waals surface area contributed by atoms with Crippen LogP contribution in [0.4, 0.5) is 0 Å². The van der Waals surface area contributed by atoms with E-state index >= 15 is 0 Å². The molecule has 0 saturated heterocycles. The van der Waals surface area contributed by atoms with E-state index in [9.17, 15) is 9.59 Å². The molecule has 0 bridgehead atoms. The fourth-order valence-electron chi connectivity index (χ4n) is 0.567. The Balaban J connectivity index is 4.23. The molecule has 0 aromatic rings. The van der Waals surface area contributed by atoms with Crippen molar-refractivity contribution >= 4 is 17.3 Å². The molecule has 0 unspecified atom stereocenters. The topological polar surface area (TPSA) is 55.7 Å². The Morgan fingerprint density at radius 2 is 1.91 bits per heavy atom. The SMILES string of the molecule is CON=C(CC(C)=O)C(C)=O. The van der Waals surface area contributed by atoms with E-state index in [4.69, 9.17) is 0 Å². The van der Waals surface area contributed by atoms with Crippen LogP contribution in [0, 0.1) is 0 Å². The van der Waals surface area contributed by atoms with Gasteiger partial charge in [0.15, 0.2) is 5.78 Å². The van der Waals surface area contributed by atoms with E-state index < -0.39 is 0 Å². The monoisotopic (exact) mass is 157 g/mol. The van der Waals surface area contributed by atoms with E-state index in [1.54, 1.807) is 0 Å². The van der Waals surface area contributed by atoms with Crippen LogP contribution in [0.3, 0.4) is 0 Å². The summed E-state index contributed by atoms with van der Waals surface area (Å²) in [6.45, 7) is 2.74. The van der Waals surface area contributed by atoms with Crippen LogP contribution < -0.4 is 0 Å². The van der Waals surface area contributed by atoms with Crippen molar-refractivity contribution in [3.63, 3.8) is 0 Å². The predicted molar refractivity (Wildman–Crippen MR) is 40.4 cm³/mol. The molecule has 0 atom stereocenters. The Kier molecular flexibility index (Phi) is 4.10. The van der Waals surface area contributed by atoms with Crippen LogP contribution >= 0.6 is 0 Å². The largest absolute Gasteiger partial charge is 0.399 e. The fourth-order valence-corrected chi connectivity index (χ4v) is 0.567. The van der Waals surface area contributed by atoms with Crippen molar-refractivity contribution < 1.29 is 14.4 Å². The highest BCUT2D eigenvalue weighted by Gasteiger charge is 2.08. The van der Waals surface area contributed by atoms with Gasteiger partial charge < -0.3 is 4.84 Å². The van der Waals surface area contributed by atoms with Gasteiger partial charge in [-0.1, -0.05) is 5.16 Å². The first-order valence-corrected chi connectivity index (χ1v) is 3.18. The highest BCUT2D eigenvalue weighted by molar-refractivity contribution is 6.41. The van der Waals surface area contributed by atoms with Crippen molar-refractivity contribution in [3.8, 4) is 0 Å². The summed E-state index contributed by atoms with van der Waals surface area (Å²) in [5.41, 5.74) is 0.167. The third-order valence-electron chi connectivity index (χ3n) is 1.02. The zero-order valence-corrected chi connectivity index (χ0v) is 6.88. The zero-order chi connectivity index (χ0) is 8.85. The van der Waals surface area contributed by atoms with E-state index in [0.29, 0.717) is 0 Å². The molecule has 0 N–H and O–H groups in total. The summed E-state index contributed by atoms with van der Waals surface area (Å²) in [5, 5.41) is 3.41. The maximum Gasteiger partial charge on any atom is 0.177 e. The summed E-state index contributed by atoms with van der Waals surface area (Å²) in [5.74, 6) is -0.335. The van der Waals surface area contributed by atoms with Gasteiger partial charge in [0.1, 0.15) is 18.6 Å². The second kappa shape index (κ2) is 4.60. The first-order chi connectivity index (χ1) is 5.07. The minimum atomic E-state index is -0.234. The summed E-state index contributed by atoms with van der Waals surface area (Å²) in [6, 6.07) is 0. The molecule has 0 spiro atoms. The van der Waals surface area contributed by atoms with Crippen LogP contribution in [0.1, 0.15) is 20.3 Å². The van der Waals surface area contributed by atoms with Gasteiger partial charge in [0.2, 0.25) is 0 Å². The molecule has 4 nitrogen and oxygen atoms in total. The highest BCUT2D eigenvalue weighted by Crippen LogP contribution is 1.91. The van der Waals surface area contributed by atoms with E-state index in [0.717, 1.165) is 0 Å². The number of hydrogen-bond acceptors (Lipinski definition) is 4. The van der Waals surface area contributed by atoms with Crippen LogP contribution in [0.5, 0.6) is 0 Å². The van der Waals surface area contributed by atoms with Crippen LogP contribution in [0.15, 0.2) is 5.16 Å². The number of Topliss-reactive ketones (excluding diaryl/α,β-unsaturated/α-hetero) is 2. The average molecular weight is 157 g/mol. The standard InChI is InChI=1S/C7H11NO3/c1-5(9)4-7(6(2)10)8-11-3/h4H2,1-3H3. The summed E-state index contributed by atoms with van der Waals surface area (Å²) < 4.78 is 0. The van der Waals surface area contributed by atoms with Gasteiger partial charge in [0, 0.05) is 6.92 Å². The Morgan fingerprint density at radius 3 is 2.18 bits per heavy atom. The van der Waals surface area contributed by atoms with Crippen LogP contribution in [-0.2, 0) is 14.4 Å². The Labute approximate surface area is 65.2 Å². The minimum Gasteiger partial charge on any atom is -0.399 e. The van der Waals surface area contributed by atoms with Gasteiger partial charge in [-0.3, -0.25) is 9.59 Å². The maximum atomic E-state index is 10.7. The molecule has 0 fully saturated rings. The minimum absolute atomic E-state index is 0.0448. The molecule has 0 aliphatic heterocycles. The van der Waals surface area contributed by atoms with Crippen molar-refractivity contribution in [2.75, 3.05) is 7.11 Å². The van der Waals surface area contributed by atoms with Gasteiger partial charge in [0.25, 0.3) is 0 Å². The van der Waals surface area contributed by atoms with Crippen molar-refractivity contribution in [2.45, 2.75) is 20.3 Å². The molecule has 0 aromatic heterocycles. The number of carbonyl (C=O) groups is 2. The van der Waals surface area contributed by atoms with E-state index in [2.05, 4.69) is 9.99 Å². The first-order valence-electron chi connectivity index (χ1n) is 3.18. The van der Waals surface area contributed by atoms with Gasteiger partial charge in [0.05, 0.1) is 6.42 Å². The van der Waals surface area contributed by atoms with Crippen molar-refractivity contribution in [2.24, 2.45) is 5.16 Å². The molecule has 0 amide bonds. The molecule has 62 valence electrons. The summed E-state index contributed by atoms with van der Waals surface area (Å²) in [7, 11) is 1.34. The van der Waals surface area contributed by atoms with Crippen LogP contribution in [0.25, 0.3) is 0 Å². The summed E-state index contributed by atoms with van der Waals surface area (Å²) in [4.78, 5) is 25.6. The molecule has 4 heteroatoms. The zero-order valence-electron chi connectivity index (χ0n) is 6.88. The van der Waals surface area contributed by atoms with Gasteiger partial charge in [-0.15, -0.1) is 0 Å². The molecular formula is C7H11NO3. The fraction of sp³-hybridized carbons (Fsp3) is 0.571. The summed E-state index contributed by atoms with van der Waals surface area (Å²) in [6.07, 6.45) is 0.0448. The smallest absolute Gasteiger partial charge is 0.177 e. The van der Waals surface area contributed by atoms with E-state index in [1.165, 1.54) is 21.0 Å². The number of rotatable bonds is 4. The van der Waals surface area contributed by atoms with Crippen molar-refractivity contribution in [1.82, 2.24) is 0 Å². The third kappa shape index (κ3) is 4.25. The highest BCUT2D eigenvalue weighted by atomic mass is 16.6. The second-order valence-electron chi connectivity index (χ2n) is 2.16. The van der Waals surface area contributed by atoms with Crippen molar-refractivity contribution in [3.05, 3.63) is 0 Å². The predicted octanol–water partition coefficient (Wildman–Crippen LogP) is 0.557. The van der Waals surface area contributed by atoms with Gasteiger partial charge >= 0.3 is 0 Å². The average Bonchev–Trinajstić information content (AvgIpc) is 1.86.